The number of fused-ring (bicyclic) bond motifs is 3. The standard InChI is InChI=1S/C13H15NO2/c1-16-12-4-2-3-8-9(12)5-6-11-10(8)7-13(15)14-11/h2-4,10-11H,5-7H2,1H3,(H,14,15)/t10-,11+/m0/s1. The topological polar surface area (TPSA) is 38.3 Å². The SMILES string of the molecule is COc1cccc2c1CC[C@H]1NC(=O)C[C@@H]21. The van der Waals surface area contributed by atoms with E-state index in [1.807, 2.05) is 12.1 Å². The van der Waals surface area contributed by atoms with Gasteiger partial charge in [-0.25, -0.2) is 0 Å². The average Bonchev–Trinajstić information content (AvgIpc) is 2.69. The summed E-state index contributed by atoms with van der Waals surface area (Å²) in [6.07, 6.45) is 2.66. The maximum absolute atomic E-state index is 11.4. The van der Waals surface area contributed by atoms with Crippen molar-refractivity contribution < 1.29 is 9.53 Å². The molecule has 1 aromatic rings. The number of hydrogen-bond donors (Lipinski definition) is 1. The van der Waals surface area contributed by atoms with E-state index in [2.05, 4.69) is 11.4 Å². The first-order valence-corrected chi connectivity index (χ1v) is 5.74. The van der Waals surface area contributed by atoms with Gasteiger partial charge in [-0.15, -0.1) is 0 Å². The second-order valence-electron chi connectivity index (χ2n) is 4.55. The summed E-state index contributed by atoms with van der Waals surface area (Å²) in [7, 11) is 1.71. The number of benzene rings is 1. The van der Waals surface area contributed by atoms with E-state index in [1.165, 1.54) is 11.1 Å². The Morgan fingerprint density at radius 1 is 1.44 bits per heavy atom. The Labute approximate surface area is 94.8 Å². The summed E-state index contributed by atoms with van der Waals surface area (Å²) < 4.78 is 5.38. The lowest BCUT2D eigenvalue weighted by molar-refractivity contribution is -0.119. The fraction of sp³-hybridized carbons (Fsp3) is 0.462. The van der Waals surface area contributed by atoms with E-state index in [-0.39, 0.29) is 5.91 Å². The molecule has 0 aromatic heterocycles. The Morgan fingerprint density at radius 2 is 2.31 bits per heavy atom. The molecule has 1 aromatic carbocycles. The number of carbonyl (C=O) groups is 1. The Balaban J connectivity index is 2.06. The predicted molar refractivity (Wildman–Crippen MR) is 60.6 cm³/mol. The van der Waals surface area contributed by atoms with Crippen molar-refractivity contribution in [3.63, 3.8) is 0 Å². The van der Waals surface area contributed by atoms with Crippen LogP contribution in [-0.4, -0.2) is 19.1 Å². The molecule has 0 radical (unpaired) electrons. The molecule has 2 aliphatic rings. The highest BCUT2D eigenvalue weighted by molar-refractivity contribution is 5.80. The second-order valence-corrected chi connectivity index (χ2v) is 4.55. The molecule has 0 spiro atoms. The zero-order valence-corrected chi connectivity index (χ0v) is 9.32. The molecule has 2 atom stereocenters. The van der Waals surface area contributed by atoms with Crippen molar-refractivity contribution in [2.24, 2.45) is 0 Å². The van der Waals surface area contributed by atoms with E-state index >= 15 is 0 Å². The Kier molecular flexibility index (Phi) is 2.13. The van der Waals surface area contributed by atoms with Crippen LogP contribution in [0.1, 0.15) is 29.9 Å². The first-order chi connectivity index (χ1) is 7.79. The lowest BCUT2D eigenvalue weighted by Gasteiger charge is -2.28. The molecule has 1 heterocycles. The van der Waals surface area contributed by atoms with Crippen LogP contribution in [-0.2, 0) is 11.2 Å². The van der Waals surface area contributed by atoms with Crippen molar-refractivity contribution in [1.29, 1.82) is 0 Å². The van der Waals surface area contributed by atoms with Crippen LogP contribution in [0.3, 0.4) is 0 Å². The van der Waals surface area contributed by atoms with Crippen molar-refractivity contribution in [3.05, 3.63) is 29.3 Å². The third-order valence-electron chi connectivity index (χ3n) is 3.73. The summed E-state index contributed by atoms with van der Waals surface area (Å²) in [6.45, 7) is 0. The second kappa shape index (κ2) is 3.51. The number of nitrogens with one attached hydrogen (secondary N) is 1. The lowest BCUT2D eigenvalue weighted by Crippen LogP contribution is -2.31. The summed E-state index contributed by atoms with van der Waals surface area (Å²) in [5, 5.41) is 3.05. The lowest BCUT2D eigenvalue weighted by atomic mass is 9.79. The highest BCUT2D eigenvalue weighted by Gasteiger charge is 2.37. The predicted octanol–water partition coefficient (Wildman–Crippen LogP) is 1.61. The number of ether oxygens (including phenoxy) is 1. The summed E-state index contributed by atoms with van der Waals surface area (Å²) in [5.41, 5.74) is 2.59. The molecule has 3 heteroatoms. The van der Waals surface area contributed by atoms with Crippen LogP contribution >= 0.6 is 0 Å². The Hall–Kier alpha value is -1.51. The van der Waals surface area contributed by atoms with Gasteiger partial charge in [-0.3, -0.25) is 4.79 Å². The molecule has 3 rings (SSSR count). The van der Waals surface area contributed by atoms with Crippen LogP contribution in [0.15, 0.2) is 18.2 Å². The van der Waals surface area contributed by atoms with Gasteiger partial charge < -0.3 is 10.1 Å². The number of amides is 1. The fourth-order valence-corrected chi connectivity index (χ4v) is 3.00. The molecular weight excluding hydrogens is 202 g/mol. The van der Waals surface area contributed by atoms with E-state index in [1.54, 1.807) is 7.11 Å². The first kappa shape index (κ1) is 9.70. The van der Waals surface area contributed by atoms with Crippen LogP contribution in [0, 0.1) is 0 Å². The molecule has 0 saturated carbocycles. The Bertz CT molecular complexity index is 442. The minimum atomic E-state index is 0.186. The molecule has 84 valence electrons. The number of carbonyl (C=O) groups excluding carboxylic acids is 1. The van der Waals surface area contributed by atoms with Crippen molar-refractivity contribution in [1.82, 2.24) is 5.32 Å². The van der Waals surface area contributed by atoms with Crippen molar-refractivity contribution in [3.8, 4) is 5.75 Å². The van der Waals surface area contributed by atoms with E-state index in [9.17, 15) is 4.79 Å². The molecule has 3 nitrogen and oxygen atoms in total. The van der Waals surface area contributed by atoms with Crippen LogP contribution in [0.5, 0.6) is 5.75 Å². The van der Waals surface area contributed by atoms with Gasteiger partial charge in [0.05, 0.1) is 7.11 Å². The van der Waals surface area contributed by atoms with Crippen LogP contribution in [0.4, 0.5) is 0 Å². The zero-order chi connectivity index (χ0) is 11.1. The summed E-state index contributed by atoms with van der Waals surface area (Å²) in [5.74, 6) is 1.51. The van der Waals surface area contributed by atoms with Crippen molar-refractivity contribution in [2.75, 3.05) is 7.11 Å². The van der Waals surface area contributed by atoms with Crippen molar-refractivity contribution >= 4 is 5.91 Å². The van der Waals surface area contributed by atoms with Gasteiger partial charge in [0.15, 0.2) is 0 Å². The van der Waals surface area contributed by atoms with Crippen LogP contribution < -0.4 is 10.1 Å². The van der Waals surface area contributed by atoms with Gasteiger partial charge in [-0.1, -0.05) is 12.1 Å². The maximum atomic E-state index is 11.4. The summed E-state index contributed by atoms with van der Waals surface area (Å²) in [6, 6.07) is 6.49. The Morgan fingerprint density at radius 3 is 3.12 bits per heavy atom. The highest BCUT2D eigenvalue weighted by atomic mass is 16.5. The van der Waals surface area contributed by atoms with Gasteiger partial charge in [0.1, 0.15) is 5.75 Å². The third-order valence-corrected chi connectivity index (χ3v) is 3.73. The van der Waals surface area contributed by atoms with Crippen molar-refractivity contribution in [2.45, 2.75) is 31.2 Å². The normalized spacial score (nSPS) is 26.9. The van der Waals surface area contributed by atoms with E-state index in [0.717, 1.165) is 18.6 Å². The summed E-state index contributed by atoms with van der Waals surface area (Å²) >= 11 is 0. The average molecular weight is 217 g/mol. The molecule has 0 bridgehead atoms. The van der Waals surface area contributed by atoms with Gasteiger partial charge in [-0.2, -0.15) is 0 Å². The monoisotopic (exact) mass is 217 g/mol. The van der Waals surface area contributed by atoms with Gasteiger partial charge in [0, 0.05) is 18.4 Å². The molecular formula is C13H15NO2. The molecule has 1 N–H and O–H groups in total. The minimum Gasteiger partial charge on any atom is -0.496 e. The first-order valence-electron chi connectivity index (χ1n) is 5.74. The van der Waals surface area contributed by atoms with E-state index in [4.69, 9.17) is 4.74 Å². The molecule has 1 saturated heterocycles. The van der Waals surface area contributed by atoms with Gasteiger partial charge >= 0.3 is 0 Å². The van der Waals surface area contributed by atoms with Crippen LogP contribution in [0.25, 0.3) is 0 Å². The number of methoxy groups -OCH3 is 1. The molecule has 0 unspecified atom stereocenters. The quantitative estimate of drug-likeness (QED) is 0.776. The van der Waals surface area contributed by atoms with Gasteiger partial charge in [0.2, 0.25) is 5.91 Å². The van der Waals surface area contributed by atoms with E-state index in [0.29, 0.717) is 18.4 Å². The number of hydrogen-bond acceptors (Lipinski definition) is 2. The minimum absolute atomic E-state index is 0.186. The molecule has 1 aliphatic heterocycles. The largest absolute Gasteiger partial charge is 0.496 e. The van der Waals surface area contributed by atoms with Gasteiger partial charge in [-0.05, 0) is 30.0 Å². The van der Waals surface area contributed by atoms with Crippen LogP contribution in [0.2, 0.25) is 0 Å². The fourth-order valence-electron chi connectivity index (χ4n) is 3.00. The maximum Gasteiger partial charge on any atom is 0.220 e. The zero-order valence-electron chi connectivity index (χ0n) is 9.32. The summed E-state index contributed by atoms with van der Waals surface area (Å²) in [4.78, 5) is 11.4. The molecule has 1 fully saturated rings. The third kappa shape index (κ3) is 1.31. The highest BCUT2D eigenvalue weighted by Crippen LogP contribution is 2.40. The molecule has 1 amide bonds. The molecule has 16 heavy (non-hydrogen) atoms. The molecule has 1 aliphatic carbocycles. The van der Waals surface area contributed by atoms with E-state index < -0.39 is 0 Å². The van der Waals surface area contributed by atoms with Gasteiger partial charge in [0.25, 0.3) is 0 Å². The number of rotatable bonds is 1. The smallest absolute Gasteiger partial charge is 0.220 e.